The van der Waals surface area contributed by atoms with Gasteiger partial charge >= 0.3 is 11.9 Å². The molecule has 0 heterocycles. The molecule has 0 N–H and O–H groups in total. The molecule has 0 fully saturated rings. The summed E-state index contributed by atoms with van der Waals surface area (Å²) in [5, 5.41) is 0. The number of hydrogen-bond acceptors (Lipinski definition) is 5. The molecule has 0 bridgehead atoms. The lowest BCUT2D eigenvalue weighted by molar-refractivity contribution is -0.209. The number of hydrogen-bond donors (Lipinski definition) is 0. The van der Waals surface area contributed by atoms with Crippen molar-refractivity contribution in [3.05, 3.63) is 12.7 Å². The third-order valence-corrected chi connectivity index (χ3v) is 3.21. The first-order valence-corrected chi connectivity index (χ1v) is 6.31. The molecule has 0 rings (SSSR count). The lowest BCUT2D eigenvalue weighted by Crippen LogP contribution is -2.39. The lowest BCUT2D eigenvalue weighted by atomic mass is 9.84. The molecular formula is C14H22O5. The summed E-state index contributed by atoms with van der Waals surface area (Å²) in [6.07, 6.45) is 0.987. The molecule has 0 aromatic carbocycles. The highest BCUT2D eigenvalue weighted by Gasteiger charge is 2.37. The smallest absolute Gasteiger partial charge is 0.333 e. The van der Waals surface area contributed by atoms with Crippen LogP contribution < -0.4 is 0 Å². The minimum atomic E-state index is -1.01. The van der Waals surface area contributed by atoms with Crippen molar-refractivity contribution < 1.29 is 23.9 Å². The second-order valence-corrected chi connectivity index (χ2v) is 4.70. The monoisotopic (exact) mass is 270 g/mol. The first-order chi connectivity index (χ1) is 8.78. The number of ketones is 1. The Morgan fingerprint density at radius 2 is 1.74 bits per heavy atom. The summed E-state index contributed by atoms with van der Waals surface area (Å²) >= 11 is 0. The topological polar surface area (TPSA) is 69.7 Å². The summed E-state index contributed by atoms with van der Waals surface area (Å²) in [7, 11) is 0. The molecule has 19 heavy (non-hydrogen) atoms. The van der Waals surface area contributed by atoms with E-state index in [1.165, 1.54) is 6.92 Å². The van der Waals surface area contributed by atoms with E-state index in [2.05, 4.69) is 6.58 Å². The highest BCUT2D eigenvalue weighted by Crippen LogP contribution is 2.33. The molecule has 5 nitrogen and oxygen atoms in total. The highest BCUT2D eigenvalue weighted by atomic mass is 16.7. The summed E-state index contributed by atoms with van der Waals surface area (Å²) in [6.45, 7) is 10.3. The Balaban J connectivity index is 4.95. The minimum Gasteiger partial charge on any atom is -0.424 e. The Labute approximate surface area is 114 Å². The van der Waals surface area contributed by atoms with Gasteiger partial charge in [-0.05, 0) is 19.8 Å². The van der Waals surface area contributed by atoms with Crippen LogP contribution in [-0.2, 0) is 23.9 Å². The molecule has 0 aromatic heterocycles. The fraction of sp³-hybridized carbons (Fsp3) is 0.643. The zero-order chi connectivity index (χ0) is 15.1. The largest absolute Gasteiger partial charge is 0.424 e. The highest BCUT2D eigenvalue weighted by molar-refractivity contribution is 5.94. The Morgan fingerprint density at radius 3 is 2.11 bits per heavy atom. The zero-order valence-corrected chi connectivity index (χ0v) is 12.0. The predicted molar refractivity (Wildman–Crippen MR) is 70.2 cm³/mol. The molecule has 0 radical (unpaired) electrons. The van der Waals surface area contributed by atoms with E-state index >= 15 is 0 Å². The van der Waals surface area contributed by atoms with Crippen molar-refractivity contribution in [1.29, 1.82) is 0 Å². The first-order valence-electron chi connectivity index (χ1n) is 6.31. The maximum absolute atomic E-state index is 11.6. The molecule has 0 spiro atoms. The van der Waals surface area contributed by atoms with E-state index in [0.717, 1.165) is 6.08 Å². The van der Waals surface area contributed by atoms with Gasteiger partial charge in [0.2, 0.25) is 0 Å². The molecule has 0 aromatic rings. The van der Waals surface area contributed by atoms with Crippen molar-refractivity contribution in [3.63, 3.8) is 0 Å². The van der Waals surface area contributed by atoms with Gasteiger partial charge in [-0.15, -0.1) is 0 Å². The van der Waals surface area contributed by atoms with E-state index in [0.29, 0.717) is 12.8 Å². The Morgan fingerprint density at radius 1 is 1.21 bits per heavy atom. The summed E-state index contributed by atoms with van der Waals surface area (Å²) in [5.41, 5.74) is -0.495. The third-order valence-electron chi connectivity index (χ3n) is 3.21. The van der Waals surface area contributed by atoms with Crippen LogP contribution in [0, 0.1) is 5.41 Å². The van der Waals surface area contributed by atoms with E-state index in [1.54, 1.807) is 0 Å². The van der Waals surface area contributed by atoms with Crippen molar-refractivity contribution >= 4 is 17.7 Å². The summed E-state index contributed by atoms with van der Waals surface area (Å²) in [5.74, 6) is -1.65. The van der Waals surface area contributed by atoms with Crippen LogP contribution >= 0.6 is 0 Å². The van der Waals surface area contributed by atoms with Gasteiger partial charge in [0, 0.05) is 11.5 Å². The third kappa shape index (κ3) is 5.68. The Bertz CT molecular complexity index is 355. The van der Waals surface area contributed by atoms with Gasteiger partial charge in [-0.2, -0.15) is 0 Å². The standard InChI is InChI=1S/C14H22O5/c1-6-11(16)18-13(14(5,7-2)8-3)19-12(17)9-10(4)15/h6,13H,1,7-9H2,2-5H3. The van der Waals surface area contributed by atoms with Crippen molar-refractivity contribution in [2.24, 2.45) is 5.41 Å². The number of carbonyl (C=O) groups excluding carboxylic acids is 3. The van der Waals surface area contributed by atoms with Crippen LogP contribution in [0.1, 0.15) is 47.0 Å². The van der Waals surface area contributed by atoms with Gasteiger partial charge in [0.05, 0.1) is 0 Å². The molecule has 0 saturated heterocycles. The SMILES string of the molecule is C=CC(=O)OC(OC(=O)CC(C)=O)C(C)(CC)CC. The van der Waals surface area contributed by atoms with Gasteiger partial charge in [-0.3, -0.25) is 9.59 Å². The molecule has 5 heteroatoms. The van der Waals surface area contributed by atoms with Gasteiger partial charge in [-0.25, -0.2) is 4.79 Å². The molecule has 0 amide bonds. The van der Waals surface area contributed by atoms with E-state index in [9.17, 15) is 14.4 Å². The number of Topliss-reactive ketones (excluding diaryl/α,β-unsaturated/α-hetero) is 1. The normalized spacial score (nSPS) is 12.4. The molecule has 0 aliphatic heterocycles. The lowest BCUT2D eigenvalue weighted by Gasteiger charge is -2.34. The van der Waals surface area contributed by atoms with Crippen molar-refractivity contribution in [2.75, 3.05) is 0 Å². The van der Waals surface area contributed by atoms with Gasteiger partial charge in [0.25, 0.3) is 6.29 Å². The molecule has 1 unspecified atom stereocenters. The fourth-order valence-electron chi connectivity index (χ4n) is 1.41. The molecule has 0 saturated carbocycles. The second kappa shape index (κ2) is 7.71. The van der Waals surface area contributed by atoms with Crippen LogP contribution in [-0.4, -0.2) is 24.0 Å². The van der Waals surface area contributed by atoms with Gasteiger partial charge in [-0.1, -0.05) is 27.4 Å². The number of esters is 2. The van der Waals surface area contributed by atoms with Crippen LogP contribution in [0.3, 0.4) is 0 Å². The average Bonchev–Trinajstić information content (AvgIpc) is 2.35. The summed E-state index contributed by atoms with van der Waals surface area (Å²) in [6, 6.07) is 0. The van der Waals surface area contributed by atoms with Gasteiger partial charge in [0.1, 0.15) is 12.2 Å². The molecule has 0 aliphatic rings. The first kappa shape index (κ1) is 17.4. The van der Waals surface area contributed by atoms with E-state index in [-0.39, 0.29) is 12.2 Å². The van der Waals surface area contributed by atoms with E-state index in [1.807, 2.05) is 20.8 Å². The van der Waals surface area contributed by atoms with Crippen molar-refractivity contribution in [3.8, 4) is 0 Å². The quantitative estimate of drug-likeness (QED) is 0.293. The molecular weight excluding hydrogens is 248 g/mol. The molecule has 108 valence electrons. The Kier molecular flexibility index (Phi) is 7.04. The minimum absolute atomic E-state index is 0.298. The average molecular weight is 270 g/mol. The van der Waals surface area contributed by atoms with Crippen LogP contribution in [0.15, 0.2) is 12.7 Å². The Hall–Kier alpha value is -1.65. The maximum atomic E-state index is 11.6. The van der Waals surface area contributed by atoms with Crippen LogP contribution in [0.2, 0.25) is 0 Å². The fourth-order valence-corrected chi connectivity index (χ4v) is 1.41. The van der Waals surface area contributed by atoms with E-state index in [4.69, 9.17) is 9.47 Å². The van der Waals surface area contributed by atoms with Gasteiger partial charge < -0.3 is 9.47 Å². The van der Waals surface area contributed by atoms with Crippen LogP contribution in [0.4, 0.5) is 0 Å². The summed E-state index contributed by atoms with van der Waals surface area (Å²) < 4.78 is 10.2. The zero-order valence-electron chi connectivity index (χ0n) is 12.0. The number of carbonyl (C=O) groups is 3. The summed E-state index contributed by atoms with van der Waals surface area (Å²) in [4.78, 5) is 33.7. The predicted octanol–water partition coefficient (Wildman–Crippen LogP) is 2.39. The van der Waals surface area contributed by atoms with Crippen LogP contribution in [0.25, 0.3) is 0 Å². The molecule has 0 aliphatic carbocycles. The van der Waals surface area contributed by atoms with Gasteiger partial charge in [0.15, 0.2) is 0 Å². The maximum Gasteiger partial charge on any atom is 0.333 e. The second-order valence-electron chi connectivity index (χ2n) is 4.70. The van der Waals surface area contributed by atoms with E-state index < -0.39 is 23.6 Å². The number of ether oxygens (including phenoxy) is 2. The number of rotatable bonds is 8. The van der Waals surface area contributed by atoms with Crippen molar-refractivity contribution in [2.45, 2.75) is 53.2 Å². The van der Waals surface area contributed by atoms with Crippen molar-refractivity contribution in [1.82, 2.24) is 0 Å². The molecule has 1 atom stereocenters. The van der Waals surface area contributed by atoms with Crippen LogP contribution in [0.5, 0.6) is 0 Å².